The molecular weight excluding hydrogens is 370 g/mol. The minimum atomic E-state index is -0.399. The third kappa shape index (κ3) is 4.70. The molecule has 2 N–H and O–H groups in total. The lowest BCUT2D eigenvalue weighted by atomic mass is 10.1. The summed E-state index contributed by atoms with van der Waals surface area (Å²) in [5, 5.41) is 5.58. The summed E-state index contributed by atoms with van der Waals surface area (Å²) < 4.78 is 10.5. The number of nitrogens with one attached hydrogen (secondary N) is 2. The molecule has 1 heterocycles. The van der Waals surface area contributed by atoms with Crippen molar-refractivity contribution in [2.45, 2.75) is 6.92 Å². The number of nitrogens with zero attached hydrogens (tertiary/aromatic N) is 1. The third-order valence-electron chi connectivity index (χ3n) is 4.30. The van der Waals surface area contributed by atoms with Crippen LogP contribution in [-0.2, 0) is 0 Å². The first-order chi connectivity index (χ1) is 14.0. The average molecular weight is 391 g/mol. The van der Waals surface area contributed by atoms with Gasteiger partial charge in [0.1, 0.15) is 17.2 Å². The van der Waals surface area contributed by atoms with Gasteiger partial charge in [-0.25, -0.2) is 0 Å². The van der Waals surface area contributed by atoms with Crippen LogP contribution < -0.4 is 20.1 Å². The predicted molar refractivity (Wildman–Crippen MR) is 111 cm³/mol. The van der Waals surface area contributed by atoms with Crippen LogP contribution in [0.4, 0.5) is 11.4 Å². The Kier molecular flexibility index (Phi) is 6.09. The number of anilines is 2. The van der Waals surface area contributed by atoms with Crippen LogP contribution in [0.5, 0.6) is 11.5 Å². The molecule has 0 saturated carbocycles. The molecule has 0 aliphatic rings. The molecule has 7 heteroatoms. The van der Waals surface area contributed by atoms with Crippen LogP contribution >= 0.6 is 0 Å². The molecule has 0 spiro atoms. The van der Waals surface area contributed by atoms with Crippen molar-refractivity contribution in [2.24, 2.45) is 0 Å². The van der Waals surface area contributed by atoms with Gasteiger partial charge >= 0.3 is 0 Å². The van der Waals surface area contributed by atoms with Gasteiger partial charge in [-0.15, -0.1) is 0 Å². The predicted octanol–water partition coefficient (Wildman–Crippen LogP) is 3.91. The Balaban J connectivity index is 1.79. The fourth-order valence-electron chi connectivity index (χ4n) is 2.70. The van der Waals surface area contributed by atoms with Crippen LogP contribution in [-0.4, -0.2) is 31.0 Å². The first-order valence-electron chi connectivity index (χ1n) is 8.88. The average Bonchev–Trinajstić information content (AvgIpc) is 2.75. The molecule has 0 aliphatic heterocycles. The highest BCUT2D eigenvalue weighted by Gasteiger charge is 2.15. The second kappa shape index (κ2) is 8.88. The maximum atomic E-state index is 12.7. The number of hydrogen-bond acceptors (Lipinski definition) is 5. The third-order valence-corrected chi connectivity index (χ3v) is 4.30. The van der Waals surface area contributed by atoms with E-state index in [2.05, 4.69) is 15.6 Å². The first-order valence-corrected chi connectivity index (χ1v) is 8.88. The highest BCUT2D eigenvalue weighted by Crippen LogP contribution is 2.29. The fraction of sp³-hybridized carbons (Fsp3) is 0.136. The van der Waals surface area contributed by atoms with E-state index in [0.29, 0.717) is 28.4 Å². The van der Waals surface area contributed by atoms with Crippen LogP contribution in [0.2, 0.25) is 0 Å². The van der Waals surface area contributed by atoms with Crippen LogP contribution in [0, 0.1) is 6.92 Å². The Morgan fingerprint density at radius 1 is 0.862 bits per heavy atom. The minimum Gasteiger partial charge on any atom is -0.497 e. The van der Waals surface area contributed by atoms with Gasteiger partial charge in [-0.2, -0.15) is 0 Å². The number of methoxy groups -OCH3 is 2. The number of aryl methyl sites for hydroxylation is 1. The standard InChI is InChI=1S/C22H21N3O4/c1-14-6-4-5-7-17(14)24-22(27)19-12-15(10-11-23-19)21(26)25-18-13-16(28-2)8-9-20(18)29-3/h4-13H,1-3H3,(H,24,27)(H,25,26). The number of para-hydroxylation sites is 1. The van der Waals surface area contributed by atoms with Gasteiger partial charge < -0.3 is 20.1 Å². The van der Waals surface area contributed by atoms with Crippen molar-refractivity contribution in [2.75, 3.05) is 24.9 Å². The van der Waals surface area contributed by atoms with E-state index in [4.69, 9.17) is 9.47 Å². The Hall–Kier alpha value is -3.87. The number of rotatable bonds is 6. The van der Waals surface area contributed by atoms with E-state index in [0.717, 1.165) is 5.56 Å². The van der Waals surface area contributed by atoms with Crippen molar-refractivity contribution in [1.29, 1.82) is 0 Å². The maximum Gasteiger partial charge on any atom is 0.274 e. The summed E-state index contributed by atoms with van der Waals surface area (Å²) in [7, 11) is 3.05. The van der Waals surface area contributed by atoms with E-state index in [-0.39, 0.29) is 5.69 Å². The van der Waals surface area contributed by atoms with Crippen molar-refractivity contribution in [3.8, 4) is 11.5 Å². The van der Waals surface area contributed by atoms with E-state index in [1.54, 1.807) is 24.3 Å². The van der Waals surface area contributed by atoms with E-state index in [1.165, 1.54) is 32.5 Å². The lowest BCUT2D eigenvalue weighted by Crippen LogP contribution is -2.17. The molecular formula is C22H21N3O4. The first kappa shape index (κ1) is 19.9. The zero-order valence-corrected chi connectivity index (χ0v) is 16.4. The van der Waals surface area contributed by atoms with Crippen LogP contribution in [0.15, 0.2) is 60.8 Å². The molecule has 7 nitrogen and oxygen atoms in total. The van der Waals surface area contributed by atoms with Gasteiger partial charge in [0.15, 0.2) is 0 Å². The van der Waals surface area contributed by atoms with Gasteiger partial charge in [0, 0.05) is 23.5 Å². The number of ether oxygens (including phenoxy) is 2. The summed E-state index contributed by atoms with van der Waals surface area (Å²) in [4.78, 5) is 29.3. The van der Waals surface area contributed by atoms with E-state index in [1.807, 2.05) is 25.1 Å². The number of carbonyl (C=O) groups is 2. The molecule has 0 bridgehead atoms. The molecule has 0 radical (unpaired) electrons. The normalized spacial score (nSPS) is 10.2. The Bertz CT molecular complexity index is 1050. The highest BCUT2D eigenvalue weighted by atomic mass is 16.5. The molecule has 3 rings (SSSR count). The van der Waals surface area contributed by atoms with E-state index < -0.39 is 11.8 Å². The van der Waals surface area contributed by atoms with Crippen LogP contribution in [0.1, 0.15) is 26.4 Å². The van der Waals surface area contributed by atoms with Crippen LogP contribution in [0.25, 0.3) is 0 Å². The van der Waals surface area contributed by atoms with Crippen molar-refractivity contribution in [3.63, 3.8) is 0 Å². The largest absolute Gasteiger partial charge is 0.497 e. The molecule has 2 amide bonds. The zero-order chi connectivity index (χ0) is 20.8. The number of carbonyl (C=O) groups excluding carboxylic acids is 2. The summed E-state index contributed by atoms with van der Waals surface area (Å²) in [5.41, 5.74) is 2.51. The van der Waals surface area contributed by atoms with Crippen molar-refractivity contribution in [3.05, 3.63) is 77.6 Å². The maximum absolute atomic E-state index is 12.7. The van der Waals surface area contributed by atoms with Gasteiger partial charge in [0.2, 0.25) is 0 Å². The lowest BCUT2D eigenvalue weighted by Gasteiger charge is -2.12. The molecule has 0 aliphatic carbocycles. The number of amides is 2. The highest BCUT2D eigenvalue weighted by molar-refractivity contribution is 6.08. The van der Waals surface area contributed by atoms with Gasteiger partial charge in [-0.1, -0.05) is 18.2 Å². The zero-order valence-electron chi connectivity index (χ0n) is 16.4. The SMILES string of the molecule is COc1ccc(OC)c(NC(=O)c2ccnc(C(=O)Nc3ccccc3C)c2)c1. The summed E-state index contributed by atoms with van der Waals surface area (Å²) >= 11 is 0. The number of aromatic nitrogens is 1. The van der Waals surface area contributed by atoms with Gasteiger partial charge in [-0.05, 0) is 42.8 Å². The Morgan fingerprint density at radius 2 is 1.62 bits per heavy atom. The number of hydrogen-bond donors (Lipinski definition) is 2. The molecule has 2 aromatic carbocycles. The van der Waals surface area contributed by atoms with E-state index >= 15 is 0 Å². The van der Waals surface area contributed by atoms with Crippen molar-refractivity contribution >= 4 is 23.2 Å². The molecule has 0 fully saturated rings. The summed E-state index contributed by atoms with van der Waals surface area (Å²) in [6.07, 6.45) is 1.42. The summed E-state index contributed by atoms with van der Waals surface area (Å²) in [6, 6.07) is 15.5. The molecule has 1 aromatic heterocycles. The van der Waals surface area contributed by atoms with Crippen molar-refractivity contribution in [1.82, 2.24) is 4.98 Å². The summed E-state index contributed by atoms with van der Waals surface area (Å²) in [6.45, 7) is 1.90. The number of benzene rings is 2. The Morgan fingerprint density at radius 3 is 2.34 bits per heavy atom. The minimum absolute atomic E-state index is 0.138. The molecule has 0 atom stereocenters. The van der Waals surface area contributed by atoms with Gasteiger partial charge in [-0.3, -0.25) is 14.6 Å². The monoisotopic (exact) mass is 391 g/mol. The topological polar surface area (TPSA) is 89.6 Å². The smallest absolute Gasteiger partial charge is 0.274 e. The molecule has 0 saturated heterocycles. The fourth-order valence-corrected chi connectivity index (χ4v) is 2.70. The second-order valence-electron chi connectivity index (χ2n) is 6.22. The van der Waals surface area contributed by atoms with Gasteiger partial charge in [0.25, 0.3) is 11.8 Å². The Labute approximate surface area is 168 Å². The van der Waals surface area contributed by atoms with Gasteiger partial charge in [0.05, 0.1) is 19.9 Å². The quantitative estimate of drug-likeness (QED) is 0.665. The molecule has 3 aromatic rings. The van der Waals surface area contributed by atoms with Crippen LogP contribution in [0.3, 0.4) is 0 Å². The van der Waals surface area contributed by atoms with E-state index in [9.17, 15) is 9.59 Å². The summed E-state index contributed by atoms with van der Waals surface area (Å²) in [5.74, 6) is 0.275. The lowest BCUT2D eigenvalue weighted by molar-refractivity contribution is 0.102. The molecule has 148 valence electrons. The number of pyridine rings is 1. The van der Waals surface area contributed by atoms with Crippen molar-refractivity contribution < 1.29 is 19.1 Å². The molecule has 29 heavy (non-hydrogen) atoms. The molecule has 0 unspecified atom stereocenters. The second-order valence-corrected chi connectivity index (χ2v) is 6.22.